The molecule has 0 heterocycles. The summed E-state index contributed by atoms with van der Waals surface area (Å²) in [5, 5.41) is 5.31. The molecule has 2 N–H and O–H groups in total. The van der Waals surface area contributed by atoms with Gasteiger partial charge in [0, 0.05) is 12.6 Å². The highest BCUT2D eigenvalue weighted by Crippen LogP contribution is 2.13. The third kappa shape index (κ3) is 5.77. The minimum atomic E-state index is -0.596. The molecule has 0 aliphatic heterocycles. The third-order valence-electron chi connectivity index (χ3n) is 2.95. The van der Waals surface area contributed by atoms with Gasteiger partial charge in [0.15, 0.2) is 0 Å². The molecule has 1 aromatic rings. The highest BCUT2D eigenvalue weighted by Gasteiger charge is 2.13. The zero-order valence-corrected chi connectivity index (χ0v) is 12.6. The summed E-state index contributed by atoms with van der Waals surface area (Å²) in [7, 11) is 0. The number of nitrogens with one attached hydrogen (secondary N) is 2. The van der Waals surface area contributed by atoms with Crippen molar-refractivity contribution in [1.82, 2.24) is 10.6 Å². The number of hydrogen-bond donors (Lipinski definition) is 2. The topological polar surface area (TPSA) is 58.2 Å². The van der Waals surface area contributed by atoms with Gasteiger partial charge in [-0.25, -0.2) is 4.39 Å². The lowest BCUT2D eigenvalue weighted by atomic mass is 10.1. The van der Waals surface area contributed by atoms with E-state index in [4.69, 9.17) is 0 Å². The predicted molar refractivity (Wildman–Crippen MR) is 81.0 cm³/mol. The van der Waals surface area contributed by atoms with Gasteiger partial charge in [0.1, 0.15) is 11.9 Å². The van der Waals surface area contributed by atoms with Gasteiger partial charge >= 0.3 is 0 Å². The number of allylic oxidation sites excluding steroid dienone is 1. The molecule has 1 aromatic carbocycles. The van der Waals surface area contributed by atoms with Crippen LogP contribution in [0.5, 0.6) is 0 Å². The normalized spacial score (nSPS) is 12.7. The summed E-state index contributed by atoms with van der Waals surface area (Å²) in [5.41, 5.74) is 1.46. The van der Waals surface area contributed by atoms with Gasteiger partial charge in [-0.3, -0.25) is 9.59 Å². The second kappa shape index (κ2) is 8.19. The lowest BCUT2D eigenvalue weighted by Gasteiger charge is -2.12. The Kier molecular flexibility index (Phi) is 6.59. The second-order valence-electron chi connectivity index (χ2n) is 4.86. The summed E-state index contributed by atoms with van der Waals surface area (Å²) in [4.78, 5) is 23.5. The Bertz CT molecular complexity index is 524. The number of benzene rings is 1. The van der Waals surface area contributed by atoms with Gasteiger partial charge in [0.25, 0.3) is 0 Å². The number of carbonyl (C=O) groups is 2. The molecule has 21 heavy (non-hydrogen) atoms. The van der Waals surface area contributed by atoms with Crippen molar-refractivity contribution >= 4 is 17.4 Å². The van der Waals surface area contributed by atoms with Gasteiger partial charge in [-0.1, -0.05) is 19.1 Å². The van der Waals surface area contributed by atoms with Crippen molar-refractivity contribution in [1.29, 1.82) is 0 Å². The molecule has 1 atom stereocenters. The first kappa shape index (κ1) is 16.9. The number of amides is 2. The molecule has 1 unspecified atom stereocenters. The molecule has 0 fully saturated rings. The van der Waals surface area contributed by atoms with Crippen LogP contribution in [0, 0.1) is 5.82 Å². The van der Waals surface area contributed by atoms with E-state index in [1.165, 1.54) is 18.2 Å². The van der Waals surface area contributed by atoms with Crippen molar-refractivity contribution in [3.8, 4) is 0 Å². The maximum atomic E-state index is 12.8. The molecule has 0 aliphatic carbocycles. The first-order valence-electron chi connectivity index (χ1n) is 6.96. The quantitative estimate of drug-likeness (QED) is 0.790. The van der Waals surface area contributed by atoms with E-state index in [9.17, 15) is 14.0 Å². The first-order valence-corrected chi connectivity index (χ1v) is 6.96. The van der Waals surface area contributed by atoms with E-state index in [0.717, 1.165) is 12.0 Å². The van der Waals surface area contributed by atoms with Gasteiger partial charge in [0.2, 0.25) is 11.8 Å². The predicted octanol–water partition coefficient (Wildman–Crippen LogP) is 2.26. The van der Waals surface area contributed by atoms with E-state index in [1.807, 2.05) is 6.92 Å². The Morgan fingerprint density at radius 2 is 1.90 bits per heavy atom. The lowest BCUT2D eigenvalue weighted by molar-refractivity contribution is -0.126. The van der Waals surface area contributed by atoms with Crippen LogP contribution in [-0.2, 0) is 9.59 Å². The highest BCUT2D eigenvalue weighted by molar-refractivity contribution is 5.97. The Balaban J connectivity index is 2.61. The van der Waals surface area contributed by atoms with Crippen molar-refractivity contribution in [3.05, 3.63) is 41.7 Å². The fourth-order valence-corrected chi connectivity index (χ4v) is 1.71. The molecular formula is C16H21FN2O2. The number of carbonyl (C=O) groups excluding carboxylic acids is 2. The summed E-state index contributed by atoms with van der Waals surface area (Å²) in [5.74, 6) is -0.883. The maximum Gasteiger partial charge on any atom is 0.244 e. The Morgan fingerprint density at radius 3 is 2.48 bits per heavy atom. The molecule has 114 valence electrons. The van der Waals surface area contributed by atoms with Crippen LogP contribution in [0.15, 0.2) is 30.3 Å². The van der Waals surface area contributed by atoms with Crippen molar-refractivity contribution < 1.29 is 14.0 Å². The average Bonchev–Trinajstić information content (AvgIpc) is 2.45. The Hall–Kier alpha value is -2.17. The molecule has 0 aliphatic rings. The summed E-state index contributed by atoms with van der Waals surface area (Å²) < 4.78 is 12.8. The van der Waals surface area contributed by atoms with Crippen molar-refractivity contribution in [2.75, 3.05) is 6.54 Å². The summed E-state index contributed by atoms with van der Waals surface area (Å²) in [6, 6.07) is 5.29. The van der Waals surface area contributed by atoms with E-state index >= 15 is 0 Å². The minimum Gasteiger partial charge on any atom is -0.354 e. The molecule has 0 aromatic heterocycles. The molecule has 5 heteroatoms. The van der Waals surface area contributed by atoms with Crippen LogP contribution >= 0.6 is 0 Å². The van der Waals surface area contributed by atoms with Crippen LogP contribution in [0.3, 0.4) is 0 Å². The zero-order valence-electron chi connectivity index (χ0n) is 12.6. The number of rotatable bonds is 6. The standard InChI is InChI=1S/C16H21FN2O2/c1-4-9-18-16(21)12(3)19-15(20)10-11(2)13-5-7-14(17)8-6-13/h5-8,10,12H,4,9H2,1-3H3,(H,18,21)(H,19,20). The molecule has 0 spiro atoms. The SMILES string of the molecule is CCCNC(=O)C(C)NC(=O)C=C(C)c1ccc(F)cc1. The van der Waals surface area contributed by atoms with Gasteiger partial charge < -0.3 is 10.6 Å². The van der Waals surface area contributed by atoms with Crippen LogP contribution in [0.1, 0.15) is 32.8 Å². The van der Waals surface area contributed by atoms with Crippen molar-refractivity contribution in [3.63, 3.8) is 0 Å². The van der Waals surface area contributed by atoms with Gasteiger partial charge in [-0.15, -0.1) is 0 Å². The van der Waals surface area contributed by atoms with Crippen LogP contribution in [0.2, 0.25) is 0 Å². The molecule has 0 saturated carbocycles. The fourth-order valence-electron chi connectivity index (χ4n) is 1.71. The van der Waals surface area contributed by atoms with Crippen LogP contribution in [0.25, 0.3) is 5.57 Å². The van der Waals surface area contributed by atoms with E-state index < -0.39 is 6.04 Å². The molecular weight excluding hydrogens is 271 g/mol. The second-order valence-corrected chi connectivity index (χ2v) is 4.86. The summed E-state index contributed by atoms with van der Waals surface area (Å²) in [6.07, 6.45) is 2.24. The molecule has 0 saturated heterocycles. The molecule has 4 nitrogen and oxygen atoms in total. The van der Waals surface area contributed by atoms with E-state index in [2.05, 4.69) is 10.6 Å². The first-order chi connectivity index (χ1) is 9.93. The molecule has 0 bridgehead atoms. The third-order valence-corrected chi connectivity index (χ3v) is 2.95. The van der Waals surface area contributed by atoms with Gasteiger partial charge in [0.05, 0.1) is 0 Å². The van der Waals surface area contributed by atoms with Gasteiger partial charge in [-0.05, 0) is 43.5 Å². The average molecular weight is 292 g/mol. The van der Waals surface area contributed by atoms with E-state index in [1.54, 1.807) is 26.0 Å². The zero-order chi connectivity index (χ0) is 15.8. The Labute approximate surface area is 124 Å². The van der Waals surface area contributed by atoms with Crippen molar-refractivity contribution in [2.45, 2.75) is 33.2 Å². The lowest BCUT2D eigenvalue weighted by Crippen LogP contribution is -2.44. The largest absolute Gasteiger partial charge is 0.354 e. The molecule has 1 rings (SSSR count). The van der Waals surface area contributed by atoms with E-state index in [-0.39, 0.29) is 17.6 Å². The van der Waals surface area contributed by atoms with Crippen molar-refractivity contribution in [2.24, 2.45) is 0 Å². The number of hydrogen-bond acceptors (Lipinski definition) is 2. The fraction of sp³-hybridized carbons (Fsp3) is 0.375. The highest BCUT2D eigenvalue weighted by atomic mass is 19.1. The molecule has 2 amide bonds. The summed E-state index contributed by atoms with van der Waals surface area (Å²) in [6.45, 7) is 5.93. The van der Waals surface area contributed by atoms with Crippen LogP contribution in [0.4, 0.5) is 4.39 Å². The summed E-state index contributed by atoms with van der Waals surface area (Å²) >= 11 is 0. The van der Waals surface area contributed by atoms with E-state index in [0.29, 0.717) is 12.1 Å². The maximum absolute atomic E-state index is 12.8. The van der Waals surface area contributed by atoms with Crippen LogP contribution in [-0.4, -0.2) is 24.4 Å². The monoisotopic (exact) mass is 292 g/mol. The smallest absolute Gasteiger partial charge is 0.244 e. The molecule has 0 radical (unpaired) electrons. The number of halogens is 1. The van der Waals surface area contributed by atoms with Crippen LogP contribution < -0.4 is 10.6 Å². The Morgan fingerprint density at radius 1 is 1.29 bits per heavy atom. The van der Waals surface area contributed by atoms with Gasteiger partial charge in [-0.2, -0.15) is 0 Å². The minimum absolute atomic E-state index is 0.210.